The zero-order valence-corrected chi connectivity index (χ0v) is 19.0. The fourth-order valence-corrected chi connectivity index (χ4v) is 5.11. The van der Waals surface area contributed by atoms with Crippen LogP contribution in [0.1, 0.15) is 22.6 Å². The Balaban J connectivity index is 1.46. The largest absolute Gasteiger partial charge is 0.497 e. The summed E-state index contributed by atoms with van der Waals surface area (Å²) in [5.74, 6) is 0.360. The Bertz CT molecular complexity index is 1330. The van der Waals surface area contributed by atoms with E-state index >= 15 is 0 Å². The van der Waals surface area contributed by atoms with Crippen LogP contribution in [-0.2, 0) is 5.41 Å². The lowest BCUT2D eigenvalue weighted by Crippen LogP contribution is -2.37. The number of rotatable bonds is 4. The standard InChI is InChI=1S/C24H22FN5O2S/c1-15-5-6-17(11-19(15)25)24(22-27-14-28-33-22)7-9-30(13-24)23(31)29-20-12-18(32-2)10-16-4-3-8-26-21(16)20/h3-6,8,10-12,14H,7,9,13H2,1-2H3,(H,29,31)/t24-/m0/s1. The van der Waals surface area contributed by atoms with E-state index < -0.39 is 5.41 Å². The van der Waals surface area contributed by atoms with Crippen LogP contribution in [0.3, 0.4) is 0 Å². The van der Waals surface area contributed by atoms with Gasteiger partial charge in [0.05, 0.1) is 23.7 Å². The number of aromatic nitrogens is 3. The van der Waals surface area contributed by atoms with Gasteiger partial charge in [0.25, 0.3) is 0 Å². The van der Waals surface area contributed by atoms with E-state index in [4.69, 9.17) is 4.74 Å². The maximum absolute atomic E-state index is 14.5. The third-order valence-electron chi connectivity index (χ3n) is 6.21. The number of hydrogen-bond donors (Lipinski definition) is 1. The second kappa shape index (κ2) is 8.40. The molecule has 0 bridgehead atoms. The molecule has 9 heteroatoms. The molecule has 0 radical (unpaired) electrons. The predicted molar refractivity (Wildman–Crippen MR) is 125 cm³/mol. The van der Waals surface area contributed by atoms with E-state index in [0.717, 1.165) is 16.0 Å². The number of pyridine rings is 1. The van der Waals surface area contributed by atoms with Gasteiger partial charge < -0.3 is 15.0 Å². The molecule has 1 aliphatic heterocycles. The van der Waals surface area contributed by atoms with Crippen LogP contribution >= 0.6 is 11.5 Å². The van der Waals surface area contributed by atoms with E-state index in [-0.39, 0.29) is 11.8 Å². The van der Waals surface area contributed by atoms with Crippen molar-refractivity contribution in [1.29, 1.82) is 0 Å². The summed E-state index contributed by atoms with van der Waals surface area (Å²) in [6.07, 6.45) is 3.81. The highest BCUT2D eigenvalue weighted by molar-refractivity contribution is 7.05. The Labute approximate surface area is 194 Å². The molecule has 1 atom stereocenters. The molecule has 2 aromatic heterocycles. The van der Waals surface area contributed by atoms with Crippen LogP contribution in [0, 0.1) is 12.7 Å². The minimum absolute atomic E-state index is 0.255. The molecule has 2 aromatic carbocycles. The van der Waals surface area contributed by atoms with E-state index in [1.807, 2.05) is 24.3 Å². The summed E-state index contributed by atoms with van der Waals surface area (Å²) in [5.41, 5.74) is 2.02. The molecule has 1 N–H and O–H groups in total. The number of anilines is 1. The minimum Gasteiger partial charge on any atom is -0.497 e. The number of nitrogens with zero attached hydrogens (tertiary/aromatic N) is 4. The Hall–Kier alpha value is -3.59. The highest BCUT2D eigenvalue weighted by atomic mass is 32.1. The van der Waals surface area contributed by atoms with Crippen LogP contribution in [0.5, 0.6) is 5.75 Å². The fraction of sp³-hybridized carbons (Fsp3) is 0.250. The molecule has 7 nitrogen and oxygen atoms in total. The van der Waals surface area contributed by atoms with Crippen molar-refractivity contribution in [2.24, 2.45) is 0 Å². The number of methoxy groups -OCH3 is 1. The zero-order valence-electron chi connectivity index (χ0n) is 18.2. The number of hydrogen-bond acceptors (Lipinski definition) is 6. The molecule has 168 valence electrons. The summed E-state index contributed by atoms with van der Waals surface area (Å²) in [4.78, 5) is 23.9. The van der Waals surface area contributed by atoms with Crippen molar-refractivity contribution in [1.82, 2.24) is 19.2 Å². The van der Waals surface area contributed by atoms with Crippen molar-refractivity contribution in [3.05, 3.63) is 76.9 Å². The van der Waals surface area contributed by atoms with Gasteiger partial charge in [0.2, 0.25) is 0 Å². The normalized spacial score (nSPS) is 18.0. The number of fused-ring (bicyclic) bond motifs is 1. The quantitative estimate of drug-likeness (QED) is 0.472. The number of nitrogens with one attached hydrogen (secondary N) is 1. The topological polar surface area (TPSA) is 80.2 Å². The Kier molecular flexibility index (Phi) is 5.41. The number of carbonyl (C=O) groups excluding carboxylic acids is 1. The number of ether oxygens (including phenoxy) is 1. The second-order valence-electron chi connectivity index (χ2n) is 8.14. The number of aryl methyl sites for hydroxylation is 1. The molecule has 0 spiro atoms. The Morgan fingerprint density at radius 2 is 2.12 bits per heavy atom. The van der Waals surface area contributed by atoms with Gasteiger partial charge in [0, 0.05) is 30.7 Å². The van der Waals surface area contributed by atoms with Gasteiger partial charge in [-0.15, -0.1) is 0 Å². The predicted octanol–water partition coefficient (Wildman–Crippen LogP) is 4.77. The molecule has 1 aliphatic rings. The summed E-state index contributed by atoms with van der Waals surface area (Å²) < 4.78 is 24.0. The number of carbonyl (C=O) groups is 1. The molecule has 5 rings (SSSR count). The SMILES string of the molecule is COc1cc(NC(=O)N2CC[C@](c3ccc(C)c(F)c3)(c3ncns3)C2)c2ncccc2c1. The summed E-state index contributed by atoms with van der Waals surface area (Å²) in [5, 5.41) is 4.63. The van der Waals surface area contributed by atoms with Crippen molar-refractivity contribution in [3.8, 4) is 5.75 Å². The first-order chi connectivity index (χ1) is 16.0. The average molecular weight is 464 g/mol. The molecular weight excluding hydrogens is 441 g/mol. The lowest BCUT2D eigenvalue weighted by atomic mass is 9.80. The smallest absolute Gasteiger partial charge is 0.321 e. The molecule has 1 saturated heterocycles. The molecule has 0 aliphatic carbocycles. The van der Waals surface area contributed by atoms with Gasteiger partial charge in [0.1, 0.15) is 22.9 Å². The number of benzene rings is 2. The number of likely N-dealkylation sites (tertiary alicyclic amines) is 1. The van der Waals surface area contributed by atoms with Crippen molar-refractivity contribution in [2.75, 3.05) is 25.5 Å². The van der Waals surface area contributed by atoms with Crippen LogP contribution < -0.4 is 10.1 Å². The van der Waals surface area contributed by atoms with E-state index in [2.05, 4.69) is 19.7 Å². The fourth-order valence-electron chi connectivity index (χ4n) is 4.36. The van der Waals surface area contributed by atoms with Gasteiger partial charge in [-0.2, -0.15) is 4.37 Å². The molecule has 0 saturated carbocycles. The van der Waals surface area contributed by atoms with E-state index in [0.29, 0.717) is 42.0 Å². The van der Waals surface area contributed by atoms with E-state index in [9.17, 15) is 9.18 Å². The maximum Gasteiger partial charge on any atom is 0.321 e. The van der Waals surface area contributed by atoms with Crippen molar-refractivity contribution >= 4 is 34.2 Å². The lowest BCUT2D eigenvalue weighted by molar-refractivity contribution is 0.220. The van der Waals surface area contributed by atoms with Crippen LogP contribution in [0.15, 0.2) is 55.0 Å². The highest BCUT2D eigenvalue weighted by Gasteiger charge is 2.45. The maximum atomic E-state index is 14.5. The van der Waals surface area contributed by atoms with Crippen molar-refractivity contribution in [2.45, 2.75) is 18.8 Å². The molecule has 0 unspecified atom stereocenters. The summed E-state index contributed by atoms with van der Waals surface area (Å²) in [6, 6.07) is 12.4. The lowest BCUT2D eigenvalue weighted by Gasteiger charge is -2.28. The molecule has 3 heterocycles. The Morgan fingerprint density at radius 3 is 2.88 bits per heavy atom. The van der Waals surface area contributed by atoms with E-state index in [1.54, 1.807) is 43.3 Å². The van der Waals surface area contributed by atoms with Gasteiger partial charge in [-0.1, -0.05) is 18.2 Å². The van der Waals surface area contributed by atoms with Gasteiger partial charge in [-0.05, 0) is 54.2 Å². The van der Waals surface area contributed by atoms with Gasteiger partial charge in [-0.25, -0.2) is 14.2 Å². The van der Waals surface area contributed by atoms with Gasteiger partial charge in [-0.3, -0.25) is 4.98 Å². The Morgan fingerprint density at radius 1 is 1.24 bits per heavy atom. The monoisotopic (exact) mass is 463 g/mol. The third-order valence-corrected chi connectivity index (χ3v) is 7.08. The van der Waals surface area contributed by atoms with Crippen LogP contribution in [0.25, 0.3) is 10.9 Å². The molecule has 33 heavy (non-hydrogen) atoms. The van der Waals surface area contributed by atoms with Gasteiger partial charge >= 0.3 is 6.03 Å². The summed E-state index contributed by atoms with van der Waals surface area (Å²) in [6.45, 7) is 2.60. The first-order valence-electron chi connectivity index (χ1n) is 10.5. The molecular formula is C24H22FN5O2S. The molecule has 1 fully saturated rings. The number of halogens is 1. The van der Waals surface area contributed by atoms with Crippen molar-refractivity contribution < 1.29 is 13.9 Å². The molecule has 2 amide bonds. The first-order valence-corrected chi connectivity index (χ1v) is 11.3. The number of amides is 2. The second-order valence-corrected chi connectivity index (χ2v) is 8.92. The van der Waals surface area contributed by atoms with Crippen LogP contribution in [0.4, 0.5) is 14.9 Å². The summed E-state index contributed by atoms with van der Waals surface area (Å²) >= 11 is 1.28. The third kappa shape index (κ3) is 3.78. The highest BCUT2D eigenvalue weighted by Crippen LogP contribution is 2.42. The molecule has 4 aromatic rings. The van der Waals surface area contributed by atoms with E-state index in [1.165, 1.54) is 17.9 Å². The van der Waals surface area contributed by atoms with Crippen LogP contribution in [-0.4, -0.2) is 45.5 Å². The minimum atomic E-state index is -0.609. The first kappa shape index (κ1) is 21.3. The van der Waals surface area contributed by atoms with Crippen LogP contribution in [0.2, 0.25) is 0 Å². The number of urea groups is 1. The zero-order chi connectivity index (χ0) is 23.0. The average Bonchev–Trinajstić information content (AvgIpc) is 3.52. The summed E-state index contributed by atoms with van der Waals surface area (Å²) in [7, 11) is 1.58. The van der Waals surface area contributed by atoms with Gasteiger partial charge in [0.15, 0.2) is 0 Å². The van der Waals surface area contributed by atoms with Crippen molar-refractivity contribution in [3.63, 3.8) is 0 Å².